The number of aliphatic imine (C=N–C) groups is 1. The number of benzene rings is 2. The summed E-state index contributed by atoms with van der Waals surface area (Å²) in [6.45, 7) is 10.8. The molecule has 0 saturated carbocycles. The second-order valence-corrected chi connectivity index (χ2v) is 11.4. The highest BCUT2D eigenvalue weighted by atomic mass is 16.7. The summed E-state index contributed by atoms with van der Waals surface area (Å²) in [5, 5.41) is 0. The Kier molecular flexibility index (Phi) is 11.6. The quantitative estimate of drug-likeness (QED) is 0.0812. The third-order valence-corrected chi connectivity index (χ3v) is 6.94. The van der Waals surface area contributed by atoms with Gasteiger partial charge in [0.1, 0.15) is 23.0 Å². The number of amidine groups is 1. The molecule has 0 unspecified atom stereocenters. The van der Waals surface area contributed by atoms with E-state index in [-0.39, 0.29) is 5.84 Å². The van der Waals surface area contributed by atoms with Crippen LogP contribution in [0.5, 0.6) is 11.5 Å². The van der Waals surface area contributed by atoms with Gasteiger partial charge in [-0.25, -0.2) is 4.99 Å². The molecule has 0 bridgehead atoms. The van der Waals surface area contributed by atoms with Gasteiger partial charge in [-0.3, -0.25) is 9.59 Å². The normalized spacial score (nSPS) is 15.5. The van der Waals surface area contributed by atoms with Crippen LogP contribution in [0, 0.1) is 11.8 Å². The number of ether oxygens (including phenoxy) is 4. The molecule has 2 aromatic rings. The van der Waals surface area contributed by atoms with E-state index in [1.165, 1.54) is 5.56 Å². The first-order chi connectivity index (χ1) is 19.6. The molecule has 2 aromatic carbocycles. The molecule has 0 radical (unpaired) electrons. The molecule has 1 fully saturated rings. The van der Waals surface area contributed by atoms with E-state index in [1.807, 2.05) is 4.90 Å². The molecule has 41 heavy (non-hydrogen) atoms. The van der Waals surface area contributed by atoms with Gasteiger partial charge in [-0.05, 0) is 42.0 Å². The number of esters is 2. The zero-order valence-corrected chi connectivity index (χ0v) is 25.7. The van der Waals surface area contributed by atoms with Crippen LogP contribution in [0.3, 0.4) is 0 Å². The number of methoxy groups -OCH3 is 2. The van der Waals surface area contributed by atoms with E-state index in [0.717, 1.165) is 44.1 Å². The van der Waals surface area contributed by atoms with Gasteiger partial charge in [0, 0.05) is 33.0 Å². The van der Waals surface area contributed by atoms with Crippen molar-refractivity contribution >= 4 is 23.5 Å². The topological polar surface area (TPSA) is 86.7 Å². The second-order valence-electron chi connectivity index (χ2n) is 11.4. The lowest BCUT2D eigenvalue weighted by Crippen LogP contribution is -2.52. The van der Waals surface area contributed by atoms with Gasteiger partial charge in [-0.15, -0.1) is 0 Å². The van der Waals surface area contributed by atoms with Crippen LogP contribution in [0.4, 0.5) is 5.69 Å². The Balaban J connectivity index is 2.07. The average Bonchev–Trinajstić information content (AvgIpc) is 2.91. The molecule has 0 spiro atoms. The van der Waals surface area contributed by atoms with Crippen molar-refractivity contribution < 1.29 is 28.5 Å². The Morgan fingerprint density at radius 2 is 1.56 bits per heavy atom. The van der Waals surface area contributed by atoms with E-state index in [1.54, 1.807) is 46.3 Å². The van der Waals surface area contributed by atoms with Crippen LogP contribution >= 0.6 is 0 Å². The van der Waals surface area contributed by atoms with Crippen molar-refractivity contribution in [2.24, 2.45) is 16.8 Å². The summed E-state index contributed by atoms with van der Waals surface area (Å²) in [4.78, 5) is 33.6. The Hall–Kier alpha value is -3.55. The fourth-order valence-corrected chi connectivity index (χ4v) is 4.90. The molecule has 0 aromatic heterocycles. The van der Waals surface area contributed by atoms with Crippen LogP contribution in [-0.4, -0.2) is 49.2 Å². The molecule has 0 N–H and O–H groups in total. The standard InChI is InChI=1S/C33H46N2O6/c1-8-9-10-11-12-19-35(22-25-15-13-24(14-16-25)20-23(2)3)30(29-31(36)40-33(4,5)41-32(29)37)34-27-18-17-26(38-6)21-28(27)39-7/h13-18,21,23,29H,8-12,19-20,22H2,1-7H3. The van der Waals surface area contributed by atoms with Crippen molar-refractivity contribution in [1.82, 2.24) is 4.90 Å². The first-order valence-corrected chi connectivity index (χ1v) is 14.7. The summed E-state index contributed by atoms with van der Waals surface area (Å²) in [5.74, 6) is -2.13. The van der Waals surface area contributed by atoms with Crippen molar-refractivity contribution in [1.29, 1.82) is 0 Å². The Labute approximate surface area is 245 Å². The highest BCUT2D eigenvalue weighted by Crippen LogP contribution is 2.34. The lowest BCUT2D eigenvalue weighted by molar-refractivity contribution is -0.236. The molecule has 0 aliphatic carbocycles. The van der Waals surface area contributed by atoms with Crippen molar-refractivity contribution in [2.45, 2.75) is 85.5 Å². The van der Waals surface area contributed by atoms with E-state index >= 15 is 0 Å². The number of carbonyl (C=O) groups excluding carboxylic acids is 2. The van der Waals surface area contributed by atoms with E-state index in [4.69, 9.17) is 23.9 Å². The van der Waals surface area contributed by atoms with Gasteiger partial charge < -0.3 is 23.8 Å². The summed E-state index contributed by atoms with van der Waals surface area (Å²) < 4.78 is 22.0. The zero-order chi connectivity index (χ0) is 30.0. The summed E-state index contributed by atoms with van der Waals surface area (Å²) in [5.41, 5.74) is 2.80. The molecule has 8 nitrogen and oxygen atoms in total. The first kappa shape index (κ1) is 32.0. The summed E-state index contributed by atoms with van der Waals surface area (Å²) in [6.07, 6.45) is 6.34. The van der Waals surface area contributed by atoms with Crippen LogP contribution in [-0.2, 0) is 32.0 Å². The molecular formula is C33H46N2O6. The molecule has 0 amide bonds. The maximum absolute atomic E-state index is 13.3. The minimum Gasteiger partial charge on any atom is -0.497 e. The zero-order valence-electron chi connectivity index (χ0n) is 25.7. The molecule has 1 aliphatic heterocycles. The maximum Gasteiger partial charge on any atom is 0.331 e. The van der Waals surface area contributed by atoms with Crippen LogP contribution in [0.1, 0.15) is 77.8 Å². The van der Waals surface area contributed by atoms with E-state index in [0.29, 0.717) is 36.2 Å². The average molecular weight is 567 g/mol. The number of cyclic esters (lactones) is 2. The Morgan fingerprint density at radius 3 is 2.15 bits per heavy atom. The predicted octanol–water partition coefficient (Wildman–Crippen LogP) is 6.86. The van der Waals surface area contributed by atoms with E-state index in [9.17, 15) is 9.59 Å². The fourth-order valence-electron chi connectivity index (χ4n) is 4.90. The smallest absolute Gasteiger partial charge is 0.331 e. The van der Waals surface area contributed by atoms with Gasteiger partial charge in [-0.1, -0.05) is 70.7 Å². The molecule has 1 saturated heterocycles. The second kappa shape index (κ2) is 14.9. The van der Waals surface area contributed by atoms with Crippen LogP contribution in [0.25, 0.3) is 0 Å². The number of carbonyl (C=O) groups is 2. The Morgan fingerprint density at radius 1 is 0.927 bits per heavy atom. The molecule has 1 aliphatic rings. The molecule has 0 atom stereocenters. The van der Waals surface area contributed by atoms with Crippen LogP contribution in [0.2, 0.25) is 0 Å². The molecule has 8 heteroatoms. The predicted molar refractivity (Wildman–Crippen MR) is 161 cm³/mol. The summed E-state index contributed by atoms with van der Waals surface area (Å²) >= 11 is 0. The lowest BCUT2D eigenvalue weighted by atomic mass is 10.0. The molecule has 224 valence electrons. The van der Waals surface area contributed by atoms with Gasteiger partial charge >= 0.3 is 11.9 Å². The molecule has 3 rings (SSSR count). The third kappa shape index (κ3) is 9.23. The van der Waals surface area contributed by atoms with Crippen LogP contribution < -0.4 is 9.47 Å². The highest BCUT2D eigenvalue weighted by Gasteiger charge is 2.47. The van der Waals surface area contributed by atoms with Gasteiger partial charge in [0.05, 0.1) is 14.2 Å². The van der Waals surface area contributed by atoms with Gasteiger partial charge in [0.2, 0.25) is 5.92 Å². The first-order valence-electron chi connectivity index (χ1n) is 14.7. The van der Waals surface area contributed by atoms with Crippen molar-refractivity contribution in [3.8, 4) is 11.5 Å². The van der Waals surface area contributed by atoms with E-state index in [2.05, 4.69) is 45.0 Å². The number of hydrogen-bond acceptors (Lipinski definition) is 7. The van der Waals surface area contributed by atoms with Crippen molar-refractivity contribution in [3.05, 3.63) is 53.6 Å². The monoisotopic (exact) mass is 566 g/mol. The van der Waals surface area contributed by atoms with Gasteiger partial charge in [0.25, 0.3) is 5.79 Å². The summed E-state index contributed by atoms with van der Waals surface area (Å²) in [7, 11) is 3.12. The summed E-state index contributed by atoms with van der Waals surface area (Å²) in [6, 6.07) is 13.7. The minimum atomic E-state index is -1.34. The largest absolute Gasteiger partial charge is 0.497 e. The van der Waals surface area contributed by atoms with E-state index < -0.39 is 23.6 Å². The maximum atomic E-state index is 13.3. The van der Waals surface area contributed by atoms with Gasteiger partial charge in [-0.2, -0.15) is 0 Å². The lowest BCUT2D eigenvalue weighted by Gasteiger charge is -2.36. The van der Waals surface area contributed by atoms with Gasteiger partial charge in [0.15, 0.2) is 0 Å². The number of hydrogen-bond donors (Lipinski definition) is 0. The number of unbranched alkanes of at least 4 members (excludes halogenated alkanes) is 4. The SMILES string of the molecule is CCCCCCCN(Cc1ccc(CC(C)C)cc1)C(=Nc1ccc(OC)cc1OC)C1C(=O)OC(C)(C)OC1=O. The molecular weight excluding hydrogens is 520 g/mol. The minimum absolute atomic E-state index is 0.278. The fraction of sp³-hybridized carbons (Fsp3) is 0.545. The third-order valence-electron chi connectivity index (χ3n) is 6.94. The van der Waals surface area contributed by atoms with Crippen molar-refractivity contribution in [3.63, 3.8) is 0 Å². The van der Waals surface area contributed by atoms with Crippen molar-refractivity contribution in [2.75, 3.05) is 20.8 Å². The highest BCUT2D eigenvalue weighted by molar-refractivity contribution is 6.17. The number of rotatable bonds is 14. The molecule has 1 heterocycles. The number of nitrogens with zero attached hydrogens (tertiary/aromatic N) is 2. The van der Waals surface area contributed by atoms with Crippen LogP contribution in [0.15, 0.2) is 47.5 Å². The Bertz CT molecular complexity index is 1170.